The first-order valence-corrected chi connectivity index (χ1v) is 10.2. The highest BCUT2D eigenvalue weighted by Crippen LogP contribution is 2.38. The van der Waals surface area contributed by atoms with Gasteiger partial charge in [0, 0.05) is 30.7 Å². The van der Waals surface area contributed by atoms with Crippen molar-refractivity contribution in [3.63, 3.8) is 0 Å². The molecule has 0 aliphatic carbocycles. The van der Waals surface area contributed by atoms with E-state index in [1.807, 2.05) is 66.7 Å². The predicted molar refractivity (Wildman–Crippen MR) is 115 cm³/mol. The third-order valence-electron chi connectivity index (χ3n) is 3.80. The maximum atomic E-state index is 12.7. The Hall–Kier alpha value is -1.30. The molecule has 0 saturated carbocycles. The number of thioether (sulfide) groups is 1. The lowest BCUT2D eigenvalue weighted by molar-refractivity contribution is 0.0982. The zero-order valence-corrected chi connectivity index (χ0v) is 17.1. The first kappa shape index (κ1) is 18.5. The van der Waals surface area contributed by atoms with Gasteiger partial charge in [-0.15, -0.1) is 11.8 Å². The number of Topliss-reactive ketones (excluding diaryl/α,β-unsaturated/α-hetero) is 1. The van der Waals surface area contributed by atoms with Crippen LogP contribution in [0.15, 0.2) is 83.8 Å². The summed E-state index contributed by atoms with van der Waals surface area (Å²) in [7, 11) is 0. The summed E-state index contributed by atoms with van der Waals surface area (Å²) in [5.41, 5.74) is 1.92. The first-order chi connectivity index (χ1) is 12.1. The summed E-state index contributed by atoms with van der Waals surface area (Å²) in [5.74, 6) is 0.159. The van der Waals surface area contributed by atoms with Crippen LogP contribution in [-0.2, 0) is 0 Å². The van der Waals surface area contributed by atoms with Gasteiger partial charge in [-0.25, -0.2) is 0 Å². The second-order valence-electron chi connectivity index (χ2n) is 5.61. The molecule has 0 amide bonds. The lowest BCUT2D eigenvalue weighted by Crippen LogP contribution is -2.05. The van der Waals surface area contributed by atoms with Gasteiger partial charge < -0.3 is 0 Å². The molecule has 3 aromatic rings. The van der Waals surface area contributed by atoms with Gasteiger partial charge in [-0.3, -0.25) is 4.79 Å². The van der Waals surface area contributed by atoms with Crippen molar-refractivity contribution in [1.82, 2.24) is 0 Å². The molecule has 126 valence electrons. The van der Waals surface area contributed by atoms with Crippen molar-refractivity contribution in [2.24, 2.45) is 0 Å². The molecular weight excluding hydrogens is 463 g/mol. The number of carbonyl (C=O) groups excluding carboxylic acids is 1. The minimum Gasteiger partial charge on any atom is -0.294 e. The van der Waals surface area contributed by atoms with Crippen LogP contribution in [0.2, 0.25) is 5.02 Å². The second-order valence-corrected chi connectivity index (χ2v) is 8.56. The molecule has 0 saturated heterocycles. The number of hydrogen-bond donors (Lipinski definition) is 0. The third kappa shape index (κ3) is 5.33. The van der Waals surface area contributed by atoms with Crippen molar-refractivity contribution < 1.29 is 4.79 Å². The average Bonchev–Trinajstić information content (AvgIpc) is 2.64. The number of benzene rings is 3. The van der Waals surface area contributed by atoms with E-state index < -0.39 is 0 Å². The Balaban J connectivity index is 1.82. The molecule has 0 aliphatic heterocycles. The minimum atomic E-state index is 0.0640. The van der Waals surface area contributed by atoms with E-state index in [4.69, 9.17) is 11.6 Å². The molecule has 0 unspecified atom stereocenters. The van der Waals surface area contributed by atoms with Gasteiger partial charge in [0.05, 0.1) is 0 Å². The number of hydrogen-bond acceptors (Lipinski definition) is 2. The van der Waals surface area contributed by atoms with E-state index in [-0.39, 0.29) is 11.0 Å². The Labute approximate surface area is 170 Å². The molecule has 0 aliphatic rings. The summed E-state index contributed by atoms with van der Waals surface area (Å²) in [6, 6.07) is 25.7. The Morgan fingerprint density at radius 2 is 1.56 bits per heavy atom. The summed E-state index contributed by atoms with van der Waals surface area (Å²) in [6.07, 6.45) is 0.456. The van der Waals surface area contributed by atoms with Crippen molar-refractivity contribution >= 4 is 51.7 Å². The topological polar surface area (TPSA) is 17.1 Å². The largest absolute Gasteiger partial charge is 0.294 e. The van der Waals surface area contributed by atoms with Crippen molar-refractivity contribution in [2.75, 3.05) is 0 Å². The highest BCUT2D eigenvalue weighted by molar-refractivity contribution is 14.1. The van der Waals surface area contributed by atoms with E-state index in [9.17, 15) is 4.79 Å². The summed E-state index contributed by atoms with van der Waals surface area (Å²) >= 11 is 9.92. The molecule has 0 spiro atoms. The molecule has 0 bridgehead atoms. The van der Waals surface area contributed by atoms with E-state index in [1.54, 1.807) is 11.8 Å². The van der Waals surface area contributed by atoms with E-state index >= 15 is 0 Å². The van der Waals surface area contributed by atoms with Crippen LogP contribution in [0.1, 0.15) is 27.6 Å². The SMILES string of the molecule is O=C(C[C@H](Sc1ccc(Cl)cc1)c1ccccc1)c1ccc(I)cc1. The van der Waals surface area contributed by atoms with Crippen molar-refractivity contribution in [3.05, 3.63) is 98.6 Å². The van der Waals surface area contributed by atoms with Gasteiger partial charge >= 0.3 is 0 Å². The number of halogens is 2. The zero-order chi connectivity index (χ0) is 17.6. The van der Waals surface area contributed by atoms with Gasteiger partial charge in [-0.05, 0) is 64.6 Å². The Morgan fingerprint density at radius 3 is 2.20 bits per heavy atom. The lowest BCUT2D eigenvalue weighted by Gasteiger charge is -2.17. The van der Waals surface area contributed by atoms with Crippen molar-refractivity contribution in [2.45, 2.75) is 16.6 Å². The Kier molecular flexibility index (Phi) is 6.57. The standard InChI is InChI=1S/C21H16ClIOS/c22-17-8-12-19(13-9-17)25-21(16-4-2-1-3-5-16)14-20(24)15-6-10-18(23)11-7-15/h1-13,21H,14H2/t21-/m0/s1. The molecule has 1 nitrogen and oxygen atoms in total. The fraction of sp³-hybridized carbons (Fsp3) is 0.0952. The highest BCUT2D eigenvalue weighted by atomic mass is 127. The van der Waals surface area contributed by atoms with Crippen LogP contribution >= 0.6 is 46.0 Å². The fourth-order valence-electron chi connectivity index (χ4n) is 2.49. The van der Waals surface area contributed by atoms with Gasteiger partial charge in [0.2, 0.25) is 0 Å². The summed E-state index contributed by atoms with van der Waals surface area (Å²) in [5, 5.41) is 0.782. The molecule has 4 heteroatoms. The Morgan fingerprint density at radius 1 is 0.920 bits per heavy atom. The highest BCUT2D eigenvalue weighted by Gasteiger charge is 2.18. The maximum absolute atomic E-state index is 12.7. The molecule has 0 radical (unpaired) electrons. The van der Waals surface area contributed by atoms with Crippen LogP contribution < -0.4 is 0 Å². The maximum Gasteiger partial charge on any atom is 0.164 e. The van der Waals surface area contributed by atoms with Gasteiger partial charge in [0.25, 0.3) is 0 Å². The van der Waals surface area contributed by atoms with Crippen LogP contribution in [0, 0.1) is 3.57 Å². The zero-order valence-electron chi connectivity index (χ0n) is 13.4. The summed E-state index contributed by atoms with van der Waals surface area (Å²) in [6.45, 7) is 0. The third-order valence-corrected chi connectivity index (χ3v) is 6.04. The molecule has 0 fully saturated rings. The summed E-state index contributed by atoms with van der Waals surface area (Å²) in [4.78, 5) is 13.9. The van der Waals surface area contributed by atoms with Gasteiger partial charge in [0.1, 0.15) is 0 Å². The average molecular weight is 479 g/mol. The van der Waals surface area contributed by atoms with Crippen LogP contribution in [0.3, 0.4) is 0 Å². The molecule has 25 heavy (non-hydrogen) atoms. The van der Waals surface area contributed by atoms with E-state index in [1.165, 1.54) is 0 Å². The number of ketones is 1. The normalized spacial score (nSPS) is 11.9. The first-order valence-electron chi connectivity index (χ1n) is 7.88. The molecule has 0 N–H and O–H groups in total. The van der Waals surface area contributed by atoms with Crippen LogP contribution in [0.4, 0.5) is 0 Å². The van der Waals surface area contributed by atoms with Gasteiger partial charge in [0.15, 0.2) is 5.78 Å². The molecule has 0 aromatic heterocycles. The number of rotatable bonds is 6. The lowest BCUT2D eigenvalue weighted by atomic mass is 10.0. The molecule has 3 rings (SSSR count). The molecule has 0 heterocycles. The van der Waals surface area contributed by atoms with E-state index in [0.717, 1.165) is 24.6 Å². The summed E-state index contributed by atoms with van der Waals surface area (Å²) < 4.78 is 1.13. The van der Waals surface area contributed by atoms with Crippen molar-refractivity contribution in [1.29, 1.82) is 0 Å². The molecule has 3 aromatic carbocycles. The fourth-order valence-corrected chi connectivity index (χ4v) is 4.13. The predicted octanol–water partition coefficient (Wildman–Crippen LogP) is 7.05. The smallest absolute Gasteiger partial charge is 0.164 e. The quantitative estimate of drug-likeness (QED) is 0.214. The monoisotopic (exact) mass is 478 g/mol. The second kappa shape index (κ2) is 8.88. The van der Waals surface area contributed by atoms with E-state index in [0.29, 0.717) is 6.42 Å². The number of carbonyl (C=O) groups is 1. The molecule has 1 atom stereocenters. The van der Waals surface area contributed by atoms with Crippen LogP contribution in [-0.4, -0.2) is 5.78 Å². The van der Waals surface area contributed by atoms with Crippen molar-refractivity contribution in [3.8, 4) is 0 Å². The van der Waals surface area contributed by atoms with Crippen LogP contribution in [0.25, 0.3) is 0 Å². The van der Waals surface area contributed by atoms with Gasteiger partial charge in [-0.2, -0.15) is 0 Å². The molecular formula is C21H16ClIOS. The van der Waals surface area contributed by atoms with E-state index in [2.05, 4.69) is 34.7 Å². The van der Waals surface area contributed by atoms with Crippen LogP contribution in [0.5, 0.6) is 0 Å². The Bertz CT molecular complexity index is 832. The van der Waals surface area contributed by atoms with Gasteiger partial charge in [-0.1, -0.05) is 54.1 Å². The minimum absolute atomic E-state index is 0.0640.